The molecule has 2 N–H and O–H groups in total. The third-order valence-corrected chi connectivity index (χ3v) is 5.61. The van der Waals surface area contributed by atoms with E-state index < -0.39 is 6.23 Å². The Morgan fingerprint density at radius 3 is 2.62 bits per heavy atom. The molecule has 0 radical (unpaired) electrons. The predicted octanol–water partition coefficient (Wildman–Crippen LogP) is 4.99. The smallest absolute Gasteiger partial charge is 0.247 e. The molecule has 1 aliphatic rings. The SMILES string of the molecule is CSc1nnc2c(n1)OC(c1cc(Br)c(O)c(Br)c1)Nc1ccccc1-2. The number of phenolic OH excluding ortho intramolecular Hbond substituents is 1. The Balaban J connectivity index is 1.87. The van der Waals surface area contributed by atoms with E-state index in [1.807, 2.05) is 30.5 Å². The zero-order valence-corrected chi connectivity index (χ0v) is 17.4. The molecule has 1 aliphatic heterocycles. The first-order chi connectivity index (χ1) is 12.6. The van der Waals surface area contributed by atoms with Crippen LogP contribution < -0.4 is 10.1 Å². The maximum atomic E-state index is 9.98. The molecule has 2 heterocycles. The Labute approximate surface area is 170 Å². The Morgan fingerprint density at radius 2 is 1.88 bits per heavy atom. The van der Waals surface area contributed by atoms with Crippen LogP contribution in [0, 0.1) is 0 Å². The number of nitrogens with zero attached hydrogens (tertiary/aromatic N) is 3. The highest BCUT2D eigenvalue weighted by Crippen LogP contribution is 2.41. The molecule has 2 aromatic carbocycles. The summed E-state index contributed by atoms with van der Waals surface area (Å²) >= 11 is 8.13. The summed E-state index contributed by atoms with van der Waals surface area (Å²) in [4.78, 5) is 4.48. The first kappa shape index (κ1) is 17.6. The Bertz CT molecular complexity index is 979. The number of benzene rings is 2. The largest absolute Gasteiger partial charge is 0.506 e. The minimum absolute atomic E-state index is 0.136. The molecule has 0 saturated carbocycles. The van der Waals surface area contributed by atoms with Gasteiger partial charge >= 0.3 is 0 Å². The molecule has 0 aliphatic carbocycles. The lowest BCUT2D eigenvalue weighted by Crippen LogP contribution is -2.17. The highest BCUT2D eigenvalue weighted by molar-refractivity contribution is 9.11. The summed E-state index contributed by atoms with van der Waals surface area (Å²) in [5, 5.41) is 22.3. The molecule has 0 bridgehead atoms. The molecule has 4 rings (SSSR count). The van der Waals surface area contributed by atoms with E-state index in [1.54, 1.807) is 12.1 Å². The minimum atomic E-state index is -0.517. The number of hydrogen-bond acceptors (Lipinski definition) is 7. The Hall–Kier alpha value is -1.84. The van der Waals surface area contributed by atoms with Gasteiger partial charge in [0.25, 0.3) is 0 Å². The van der Waals surface area contributed by atoms with Crippen LogP contribution >= 0.6 is 43.6 Å². The average Bonchev–Trinajstić information content (AvgIpc) is 2.81. The quantitative estimate of drug-likeness (QED) is 0.484. The van der Waals surface area contributed by atoms with Crippen LogP contribution in [-0.4, -0.2) is 26.5 Å². The number of halogens is 2. The first-order valence-electron chi connectivity index (χ1n) is 7.56. The fraction of sp³-hybridized carbons (Fsp3) is 0.118. The van der Waals surface area contributed by atoms with E-state index in [4.69, 9.17) is 4.74 Å². The lowest BCUT2D eigenvalue weighted by Gasteiger charge is -2.20. The van der Waals surface area contributed by atoms with Crippen molar-refractivity contribution >= 4 is 49.3 Å². The van der Waals surface area contributed by atoms with Gasteiger partial charge in [-0.25, -0.2) is 0 Å². The lowest BCUT2D eigenvalue weighted by molar-refractivity contribution is 0.225. The maximum absolute atomic E-state index is 9.98. The van der Waals surface area contributed by atoms with E-state index in [1.165, 1.54) is 11.8 Å². The van der Waals surface area contributed by atoms with Gasteiger partial charge in [0, 0.05) is 16.8 Å². The maximum Gasteiger partial charge on any atom is 0.247 e. The second kappa shape index (κ2) is 7.05. The molecule has 0 saturated heterocycles. The molecule has 1 aromatic heterocycles. The summed E-state index contributed by atoms with van der Waals surface area (Å²) in [6.45, 7) is 0. The van der Waals surface area contributed by atoms with Crippen molar-refractivity contribution in [3.8, 4) is 22.9 Å². The molecular weight excluding hydrogens is 484 g/mol. The molecule has 3 aromatic rings. The minimum Gasteiger partial charge on any atom is -0.506 e. The van der Waals surface area contributed by atoms with Crippen LogP contribution in [0.4, 0.5) is 5.69 Å². The van der Waals surface area contributed by atoms with Crippen molar-refractivity contribution in [2.45, 2.75) is 11.4 Å². The third-order valence-electron chi connectivity index (χ3n) is 3.86. The van der Waals surface area contributed by atoms with Gasteiger partial charge in [-0.2, -0.15) is 4.98 Å². The zero-order chi connectivity index (χ0) is 18.3. The van der Waals surface area contributed by atoms with Gasteiger partial charge in [-0.05, 0) is 56.3 Å². The van der Waals surface area contributed by atoms with E-state index >= 15 is 0 Å². The molecule has 6 nitrogen and oxygen atoms in total. The normalized spacial score (nSPS) is 15.3. The highest BCUT2D eigenvalue weighted by Gasteiger charge is 2.26. The van der Waals surface area contributed by atoms with Gasteiger partial charge in [-0.15, -0.1) is 10.2 Å². The number of rotatable bonds is 2. The molecule has 0 spiro atoms. The van der Waals surface area contributed by atoms with Crippen LogP contribution in [0.1, 0.15) is 11.8 Å². The highest BCUT2D eigenvalue weighted by atomic mass is 79.9. The van der Waals surface area contributed by atoms with Gasteiger partial charge < -0.3 is 15.2 Å². The van der Waals surface area contributed by atoms with Gasteiger partial charge in [0.05, 0.1) is 8.95 Å². The van der Waals surface area contributed by atoms with Gasteiger partial charge in [-0.1, -0.05) is 30.0 Å². The van der Waals surface area contributed by atoms with Gasteiger partial charge in [0.15, 0.2) is 11.9 Å². The van der Waals surface area contributed by atoms with Crippen molar-refractivity contribution in [3.05, 3.63) is 50.9 Å². The third kappa shape index (κ3) is 3.15. The van der Waals surface area contributed by atoms with E-state index in [-0.39, 0.29) is 5.75 Å². The molecule has 0 fully saturated rings. The number of thioether (sulfide) groups is 1. The molecule has 9 heteroatoms. The van der Waals surface area contributed by atoms with Gasteiger partial charge in [0.2, 0.25) is 11.0 Å². The summed E-state index contributed by atoms with van der Waals surface area (Å²) in [5.74, 6) is 0.545. The number of phenols is 1. The molecule has 1 unspecified atom stereocenters. The standard InChI is InChI=1S/C17H12Br2N4O2S/c1-26-17-21-16-13(22-23-17)9-4-2-3-5-12(9)20-15(25-16)8-6-10(18)14(24)11(19)7-8/h2-7,15,20,24H,1H3. The number of ether oxygens (including phenoxy) is 1. The van der Waals surface area contributed by atoms with Crippen LogP contribution in [0.3, 0.4) is 0 Å². The van der Waals surface area contributed by atoms with Crippen molar-refractivity contribution in [1.82, 2.24) is 15.2 Å². The average molecular weight is 496 g/mol. The monoisotopic (exact) mass is 494 g/mol. The van der Waals surface area contributed by atoms with Crippen LogP contribution in [0.25, 0.3) is 11.3 Å². The number of aromatic nitrogens is 3. The molecule has 26 heavy (non-hydrogen) atoms. The fourth-order valence-corrected chi connectivity index (χ4v) is 4.14. The van der Waals surface area contributed by atoms with E-state index in [2.05, 4.69) is 52.4 Å². The van der Waals surface area contributed by atoms with Crippen molar-refractivity contribution < 1.29 is 9.84 Å². The van der Waals surface area contributed by atoms with Crippen molar-refractivity contribution in [3.63, 3.8) is 0 Å². The van der Waals surface area contributed by atoms with Crippen molar-refractivity contribution in [1.29, 1.82) is 0 Å². The summed E-state index contributed by atoms with van der Waals surface area (Å²) in [7, 11) is 0. The molecule has 1 atom stereocenters. The summed E-state index contributed by atoms with van der Waals surface area (Å²) in [6.07, 6.45) is 1.37. The van der Waals surface area contributed by atoms with Gasteiger partial charge in [-0.3, -0.25) is 0 Å². The van der Waals surface area contributed by atoms with Crippen LogP contribution in [-0.2, 0) is 0 Å². The summed E-state index contributed by atoms with van der Waals surface area (Å²) in [5.41, 5.74) is 3.14. The number of nitrogens with one attached hydrogen (secondary N) is 1. The van der Waals surface area contributed by atoms with Crippen molar-refractivity contribution in [2.75, 3.05) is 11.6 Å². The van der Waals surface area contributed by atoms with E-state index in [9.17, 15) is 5.11 Å². The zero-order valence-electron chi connectivity index (χ0n) is 13.4. The van der Waals surface area contributed by atoms with Gasteiger partial charge in [0.1, 0.15) is 5.75 Å². The second-order valence-electron chi connectivity index (χ2n) is 5.47. The molecular formula is C17H12Br2N4O2S. The fourth-order valence-electron chi connectivity index (χ4n) is 2.62. The number of para-hydroxylation sites is 1. The lowest BCUT2D eigenvalue weighted by atomic mass is 10.1. The molecule has 132 valence electrons. The van der Waals surface area contributed by atoms with Crippen LogP contribution in [0.5, 0.6) is 11.6 Å². The number of anilines is 1. The second-order valence-corrected chi connectivity index (χ2v) is 7.96. The van der Waals surface area contributed by atoms with Crippen LogP contribution in [0.15, 0.2) is 50.5 Å². The number of fused-ring (bicyclic) bond motifs is 3. The topological polar surface area (TPSA) is 80.2 Å². The van der Waals surface area contributed by atoms with Crippen LogP contribution in [0.2, 0.25) is 0 Å². The number of aromatic hydroxyl groups is 1. The summed E-state index contributed by atoms with van der Waals surface area (Å²) < 4.78 is 7.29. The first-order valence-corrected chi connectivity index (χ1v) is 10.4. The molecule has 0 amide bonds. The van der Waals surface area contributed by atoms with Crippen molar-refractivity contribution in [2.24, 2.45) is 0 Å². The van der Waals surface area contributed by atoms with E-state index in [0.717, 1.165) is 16.8 Å². The predicted molar refractivity (Wildman–Crippen MR) is 108 cm³/mol. The Morgan fingerprint density at radius 1 is 1.15 bits per heavy atom. The van der Waals surface area contributed by atoms with E-state index in [0.29, 0.717) is 25.7 Å². The Kier molecular flexibility index (Phi) is 4.76. The number of hydrogen-bond donors (Lipinski definition) is 2. The summed E-state index contributed by atoms with van der Waals surface area (Å²) in [6, 6.07) is 11.4.